The molecule has 0 bridgehead atoms. The Kier molecular flexibility index (Phi) is 5.35. The minimum Gasteiger partial charge on any atom is -0.383 e. The number of thioether (sulfide) groups is 1. The van der Waals surface area contributed by atoms with Crippen molar-refractivity contribution in [3.8, 4) is 0 Å². The van der Waals surface area contributed by atoms with Crippen LogP contribution in [0, 0.1) is 0 Å². The van der Waals surface area contributed by atoms with Crippen LogP contribution in [0.2, 0.25) is 0 Å². The molecule has 1 saturated heterocycles. The highest BCUT2D eigenvalue weighted by Crippen LogP contribution is 2.25. The zero-order chi connectivity index (χ0) is 15.2. The number of hydrogen-bond donors (Lipinski definition) is 1. The predicted octanol–water partition coefficient (Wildman–Crippen LogP) is 1.35. The second kappa shape index (κ2) is 7.24. The van der Waals surface area contributed by atoms with Gasteiger partial charge in [-0.1, -0.05) is 0 Å². The number of anilines is 1. The highest BCUT2D eigenvalue weighted by atomic mass is 32.2. The van der Waals surface area contributed by atoms with E-state index in [9.17, 15) is 4.79 Å². The quantitative estimate of drug-likeness (QED) is 0.832. The number of carbonyl (C=O) groups is 1. The van der Waals surface area contributed by atoms with Crippen molar-refractivity contribution in [1.82, 2.24) is 10.3 Å². The Labute approximate surface area is 128 Å². The van der Waals surface area contributed by atoms with Crippen LogP contribution in [0.4, 0.5) is 5.82 Å². The summed E-state index contributed by atoms with van der Waals surface area (Å²) in [6.07, 6.45) is 3.56. The summed E-state index contributed by atoms with van der Waals surface area (Å²) in [5.41, 5.74) is 0.883. The number of amides is 1. The van der Waals surface area contributed by atoms with Gasteiger partial charge in [0, 0.05) is 33.9 Å². The number of nitrogens with zero attached hydrogens (tertiary/aromatic N) is 3. The SMILES string of the molecule is CN=C1NC(=O)/C(=C/c2ccc(N(C)CCOC)nc2)S1. The lowest BCUT2D eigenvalue weighted by molar-refractivity contribution is -0.115. The number of amidine groups is 1. The number of pyridine rings is 1. The summed E-state index contributed by atoms with van der Waals surface area (Å²) in [6, 6.07) is 3.86. The van der Waals surface area contributed by atoms with Crippen LogP contribution in [0.1, 0.15) is 5.56 Å². The first-order chi connectivity index (χ1) is 10.1. The van der Waals surface area contributed by atoms with Crippen molar-refractivity contribution in [2.45, 2.75) is 0 Å². The summed E-state index contributed by atoms with van der Waals surface area (Å²) in [7, 11) is 5.29. The van der Waals surface area contributed by atoms with Crippen molar-refractivity contribution in [1.29, 1.82) is 0 Å². The maximum absolute atomic E-state index is 11.7. The Hall–Kier alpha value is -1.86. The summed E-state index contributed by atoms with van der Waals surface area (Å²) in [6.45, 7) is 1.43. The molecule has 7 heteroatoms. The van der Waals surface area contributed by atoms with Crippen molar-refractivity contribution >= 4 is 34.7 Å². The van der Waals surface area contributed by atoms with E-state index in [2.05, 4.69) is 15.3 Å². The number of ether oxygens (including phenoxy) is 1. The second-order valence-electron chi connectivity index (χ2n) is 4.46. The van der Waals surface area contributed by atoms with Crippen molar-refractivity contribution in [3.05, 3.63) is 28.8 Å². The molecule has 0 radical (unpaired) electrons. The lowest BCUT2D eigenvalue weighted by atomic mass is 10.2. The minimum atomic E-state index is -0.123. The Morgan fingerprint density at radius 1 is 1.52 bits per heavy atom. The van der Waals surface area contributed by atoms with E-state index in [1.54, 1.807) is 20.4 Å². The molecular formula is C14H18N4O2S. The molecule has 1 aromatic rings. The Morgan fingerprint density at radius 3 is 2.90 bits per heavy atom. The monoisotopic (exact) mass is 306 g/mol. The van der Waals surface area contributed by atoms with Gasteiger partial charge in [0.2, 0.25) is 0 Å². The molecule has 0 saturated carbocycles. The molecule has 1 fully saturated rings. The predicted molar refractivity (Wildman–Crippen MR) is 86.5 cm³/mol. The molecule has 6 nitrogen and oxygen atoms in total. The van der Waals surface area contributed by atoms with Gasteiger partial charge in [0.1, 0.15) is 5.82 Å². The lowest BCUT2D eigenvalue weighted by Crippen LogP contribution is -2.22. The summed E-state index contributed by atoms with van der Waals surface area (Å²) in [5, 5.41) is 3.31. The van der Waals surface area contributed by atoms with Crippen LogP contribution in [0.3, 0.4) is 0 Å². The van der Waals surface area contributed by atoms with Crippen molar-refractivity contribution in [2.75, 3.05) is 39.3 Å². The zero-order valence-electron chi connectivity index (χ0n) is 12.3. The van der Waals surface area contributed by atoms with Gasteiger partial charge in [-0.05, 0) is 35.5 Å². The van der Waals surface area contributed by atoms with E-state index < -0.39 is 0 Å². The number of methoxy groups -OCH3 is 1. The summed E-state index contributed by atoms with van der Waals surface area (Å²) >= 11 is 1.33. The van der Waals surface area contributed by atoms with Crippen LogP contribution >= 0.6 is 11.8 Å². The first-order valence-corrected chi connectivity index (χ1v) is 7.29. The van der Waals surface area contributed by atoms with Gasteiger partial charge in [0.25, 0.3) is 5.91 Å². The first-order valence-electron chi connectivity index (χ1n) is 6.48. The van der Waals surface area contributed by atoms with Gasteiger partial charge < -0.3 is 15.0 Å². The largest absolute Gasteiger partial charge is 0.383 e. The molecule has 1 aliphatic heterocycles. The third-order valence-electron chi connectivity index (χ3n) is 2.94. The molecule has 1 N–H and O–H groups in total. The summed E-state index contributed by atoms with van der Waals surface area (Å²) in [5.74, 6) is 0.746. The van der Waals surface area contributed by atoms with Crippen molar-refractivity contribution in [2.24, 2.45) is 4.99 Å². The molecule has 2 rings (SSSR count). The van der Waals surface area contributed by atoms with E-state index in [0.29, 0.717) is 16.7 Å². The Morgan fingerprint density at radius 2 is 2.33 bits per heavy atom. The normalized spacial score (nSPS) is 18.3. The number of aromatic nitrogens is 1. The van der Waals surface area contributed by atoms with Gasteiger partial charge in [-0.3, -0.25) is 9.79 Å². The highest BCUT2D eigenvalue weighted by molar-refractivity contribution is 8.18. The fraction of sp³-hybridized carbons (Fsp3) is 0.357. The molecule has 21 heavy (non-hydrogen) atoms. The molecule has 1 aromatic heterocycles. The third kappa shape index (κ3) is 4.05. The lowest BCUT2D eigenvalue weighted by Gasteiger charge is -2.17. The molecule has 0 aromatic carbocycles. The molecular weight excluding hydrogens is 288 g/mol. The number of nitrogens with one attached hydrogen (secondary N) is 1. The van der Waals surface area contributed by atoms with Gasteiger partial charge in [0.15, 0.2) is 5.17 Å². The maximum atomic E-state index is 11.7. The molecule has 0 aliphatic carbocycles. The van der Waals surface area contributed by atoms with Crippen LogP contribution in [-0.2, 0) is 9.53 Å². The van der Waals surface area contributed by atoms with Gasteiger partial charge in [0.05, 0.1) is 11.5 Å². The highest BCUT2D eigenvalue weighted by Gasteiger charge is 2.22. The fourth-order valence-electron chi connectivity index (χ4n) is 1.73. The van der Waals surface area contributed by atoms with Crippen LogP contribution in [0.25, 0.3) is 6.08 Å². The average molecular weight is 306 g/mol. The van der Waals surface area contributed by atoms with E-state index in [4.69, 9.17) is 4.74 Å². The standard InChI is InChI=1S/C14H18N4O2S/c1-15-14-17-13(19)11(21-14)8-10-4-5-12(16-9-10)18(2)6-7-20-3/h4-5,8-9H,6-7H2,1-3H3,(H,15,17,19)/b11-8-. The molecule has 1 aliphatic rings. The second-order valence-corrected chi connectivity index (χ2v) is 5.49. The average Bonchev–Trinajstić information content (AvgIpc) is 2.86. The van der Waals surface area contributed by atoms with Crippen molar-refractivity contribution < 1.29 is 9.53 Å². The zero-order valence-corrected chi connectivity index (χ0v) is 13.1. The topological polar surface area (TPSA) is 66.8 Å². The molecule has 2 heterocycles. The number of rotatable bonds is 5. The molecule has 0 unspecified atom stereocenters. The first kappa shape index (κ1) is 15.5. The van der Waals surface area contributed by atoms with Gasteiger partial charge >= 0.3 is 0 Å². The van der Waals surface area contributed by atoms with E-state index >= 15 is 0 Å². The summed E-state index contributed by atoms with van der Waals surface area (Å²) < 4.78 is 5.04. The van der Waals surface area contributed by atoms with Gasteiger partial charge in [-0.25, -0.2) is 4.98 Å². The third-order valence-corrected chi connectivity index (χ3v) is 3.95. The molecule has 0 atom stereocenters. The van der Waals surface area contributed by atoms with Crippen LogP contribution in [0.15, 0.2) is 28.2 Å². The van der Waals surface area contributed by atoms with Crippen LogP contribution in [-0.4, -0.2) is 50.4 Å². The Balaban J connectivity index is 2.07. The number of carbonyl (C=O) groups excluding carboxylic acids is 1. The van der Waals surface area contributed by atoms with E-state index in [-0.39, 0.29) is 5.91 Å². The minimum absolute atomic E-state index is 0.123. The number of hydrogen-bond acceptors (Lipinski definition) is 6. The van der Waals surface area contributed by atoms with E-state index in [1.807, 2.05) is 30.2 Å². The Bertz CT molecular complexity index is 569. The van der Waals surface area contributed by atoms with E-state index in [1.165, 1.54) is 11.8 Å². The summed E-state index contributed by atoms with van der Waals surface area (Å²) in [4.78, 5) is 22.7. The fourth-order valence-corrected chi connectivity index (χ4v) is 2.52. The van der Waals surface area contributed by atoms with Crippen molar-refractivity contribution in [3.63, 3.8) is 0 Å². The van der Waals surface area contributed by atoms with E-state index in [0.717, 1.165) is 17.9 Å². The van der Waals surface area contributed by atoms with Crippen LogP contribution in [0.5, 0.6) is 0 Å². The number of likely N-dealkylation sites (N-methyl/N-ethyl adjacent to an activating group) is 1. The molecule has 1 amide bonds. The molecule has 112 valence electrons. The maximum Gasteiger partial charge on any atom is 0.264 e. The van der Waals surface area contributed by atoms with Gasteiger partial charge in [-0.15, -0.1) is 0 Å². The smallest absolute Gasteiger partial charge is 0.264 e. The number of aliphatic imine (C=N–C) groups is 1. The van der Waals surface area contributed by atoms with Crippen LogP contribution < -0.4 is 10.2 Å². The molecule has 0 spiro atoms. The van der Waals surface area contributed by atoms with Gasteiger partial charge in [-0.2, -0.15) is 0 Å².